The first kappa shape index (κ1) is 21.1. The van der Waals surface area contributed by atoms with Crippen LogP contribution >= 0.6 is 0 Å². The second-order valence-corrected chi connectivity index (χ2v) is 7.99. The average Bonchev–Trinajstić information content (AvgIpc) is 2.84. The Hall–Kier alpha value is -3.18. The fourth-order valence-corrected chi connectivity index (χ4v) is 4.33. The van der Waals surface area contributed by atoms with Gasteiger partial charge < -0.3 is 14.6 Å². The van der Waals surface area contributed by atoms with Crippen molar-refractivity contribution in [3.63, 3.8) is 0 Å². The predicted octanol–water partition coefficient (Wildman–Crippen LogP) is 5.80. The second kappa shape index (κ2) is 9.31. The van der Waals surface area contributed by atoms with Gasteiger partial charge in [-0.3, -0.25) is 4.98 Å². The molecule has 2 aromatic carbocycles. The van der Waals surface area contributed by atoms with Crippen molar-refractivity contribution in [3.05, 3.63) is 71.9 Å². The summed E-state index contributed by atoms with van der Waals surface area (Å²) in [7, 11) is 3.44. The fourth-order valence-electron chi connectivity index (χ4n) is 4.33. The van der Waals surface area contributed by atoms with E-state index in [9.17, 15) is 9.90 Å². The highest BCUT2D eigenvalue weighted by atomic mass is 16.5. The molecule has 1 saturated carbocycles. The number of carboxylic acids is 1. The van der Waals surface area contributed by atoms with E-state index in [0.717, 1.165) is 53.8 Å². The van der Waals surface area contributed by atoms with E-state index in [1.165, 1.54) is 5.56 Å². The second-order valence-electron chi connectivity index (χ2n) is 7.99. The van der Waals surface area contributed by atoms with E-state index >= 15 is 0 Å². The van der Waals surface area contributed by atoms with Crippen LogP contribution in [-0.4, -0.2) is 36.4 Å². The summed E-state index contributed by atoms with van der Waals surface area (Å²) in [6, 6.07) is 17.1. The molecule has 5 heteroatoms. The number of ether oxygens (including phenoxy) is 2. The Labute approximate surface area is 182 Å². The maximum Gasteiger partial charge on any atom is 0.335 e. The van der Waals surface area contributed by atoms with Crippen molar-refractivity contribution in [2.24, 2.45) is 0 Å². The summed E-state index contributed by atoms with van der Waals surface area (Å²) in [5, 5.41) is 9.25. The molecular weight excluding hydrogens is 390 g/mol. The van der Waals surface area contributed by atoms with Crippen LogP contribution in [0.15, 0.2) is 60.8 Å². The molecule has 31 heavy (non-hydrogen) atoms. The van der Waals surface area contributed by atoms with Gasteiger partial charge >= 0.3 is 5.97 Å². The van der Waals surface area contributed by atoms with Crippen molar-refractivity contribution in [2.75, 3.05) is 14.2 Å². The number of hydrogen-bond acceptors (Lipinski definition) is 4. The van der Waals surface area contributed by atoms with Crippen LogP contribution < -0.4 is 4.74 Å². The fraction of sp³-hybridized carbons (Fsp3) is 0.308. The van der Waals surface area contributed by atoms with Crippen molar-refractivity contribution in [3.8, 4) is 28.1 Å². The van der Waals surface area contributed by atoms with Crippen molar-refractivity contribution in [1.29, 1.82) is 0 Å². The maximum absolute atomic E-state index is 11.3. The Morgan fingerprint density at radius 2 is 1.58 bits per heavy atom. The summed E-state index contributed by atoms with van der Waals surface area (Å²) >= 11 is 0. The lowest BCUT2D eigenvalue weighted by atomic mass is 9.82. The van der Waals surface area contributed by atoms with Gasteiger partial charge in [-0.05, 0) is 85.2 Å². The molecule has 0 amide bonds. The van der Waals surface area contributed by atoms with Gasteiger partial charge in [0.25, 0.3) is 0 Å². The molecule has 160 valence electrons. The van der Waals surface area contributed by atoms with Crippen molar-refractivity contribution < 1.29 is 19.4 Å². The highest BCUT2D eigenvalue weighted by Crippen LogP contribution is 2.38. The van der Waals surface area contributed by atoms with E-state index < -0.39 is 5.97 Å². The molecule has 1 aliphatic carbocycles. The minimum atomic E-state index is -0.927. The summed E-state index contributed by atoms with van der Waals surface area (Å²) in [6.45, 7) is 0. The van der Waals surface area contributed by atoms with Crippen LogP contribution in [0.5, 0.6) is 5.75 Å². The van der Waals surface area contributed by atoms with E-state index in [0.29, 0.717) is 12.0 Å². The smallest absolute Gasteiger partial charge is 0.335 e. The van der Waals surface area contributed by atoms with E-state index in [2.05, 4.69) is 6.07 Å². The summed E-state index contributed by atoms with van der Waals surface area (Å²) in [4.78, 5) is 16.1. The van der Waals surface area contributed by atoms with Gasteiger partial charge in [0.05, 0.1) is 24.5 Å². The number of benzene rings is 2. The van der Waals surface area contributed by atoms with Crippen LogP contribution in [0.2, 0.25) is 0 Å². The predicted molar refractivity (Wildman–Crippen MR) is 121 cm³/mol. The van der Waals surface area contributed by atoms with Crippen LogP contribution in [0.4, 0.5) is 0 Å². The normalized spacial score (nSPS) is 18.5. The topological polar surface area (TPSA) is 68.7 Å². The molecule has 0 spiro atoms. The van der Waals surface area contributed by atoms with E-state index in [4.69, 9.17) is 14.5 Å². The monoisotopic (exact) mass is 417 g/mol. The number of rotatable bonds is 6. The van der Waals surface area contributed by atoms with Gasteiger partial charge in [0, 0.05) is 24.4 Å². The molecule has 1 heterocycles. The first-order chi connectivity index (χ1) is 15.1. The lowest BCUT2D eigenvalue weighted by Crippen LogP contribution is -2.19. The van der Waals surface area contributed by atoms with Gasteiger partial charge in [-0.15, -0.1) is 0 Å². The summed E-state index contributed by atoms with van der Waals surface area (Å²) in [5.41, 5.74) is 5.33. The Bertz CT molecular complexity index is 1040. The standard InChI is InChI=1S/C26H27NO4/c1-30-22-11-7-17(8-12-22)21-15-24(18-3-5-20(6-4-18)26(28)29)25(27-16-21)19-9-13-23(31-2)14-10-19/h3-6,9-10,13-17,22H,7-8,11-12H2,1-2H3,(H,28,29)/t17-,22+. The van der Waals surface area contributed by atoms with Crippen LogP contribution in [-0.2, 0) is 4.74 Å². The number of carbonyl (C=O) groups is 1. The van der Waals surface area contributed by atoms with Crippen LogP contribution in [0.25, 0.3) is 22.4 Å². The van der Waals surface area contributed by atoms with Crippen LogP contribution in [0, 0.1) is 0 Å². The zero-order valence-electron chi connectivity index (χ0n) is 17.9. The zero-order valence-corrected chi connectivity index (χ0v) is 17.9. The SMILES string of the molecule is COc1ccc(-c2ncc([C@H]3CC[C@@H](OC)CC3)cc2-c2ccc(C(=O)O)cc2)cc1. The van der Waals surface area contributed by atoms with Crippen LogP contribution in [0.1, 0.15) is 47.5 Å². The Morgan fingerprint density at radius 1 is 0.935 bits per heavy atom. The number of methoxy groups -OCH3 is 2. The molecule has 0 saturated heterocycles. The molecule has 1 aliphatic rings. The first-order valence-corrected chi connectivity index (χ1v) is 10.6. The van der Waals surface area contributed by atoms with Gasteiger partial charge in [0.15, 0.2) is 0 Å². The number of hydrogen-bond donors (Lipinski definition) is 1. The third-order valence-corrected chi connectivity index (χ3v) is 6.19. The highest BCUT2D eigenvalue weighted by molar-refractivity contribution is 5.89. The van der Waals surface area contributed by atoms with E-state index in [1.54, 1.807) is 26.4 Å². The summed E-state index contributed by atoms with van der Waals surface area (Å²) in [5.74, 6) is 0.326. The molecule has 0 radical (unpaired) electrons. The molecule has 0 bridgehead atoms. The third kappa shape index (κ3) is 4.62. The molecule has 0 unspecified atom stereocenters. The Balaban J connectivity index is 1.74. The van der Waals surface area contributed by atoms with Gasteiger partial charge in [0.2, 0.25) is 0 Å². The van der Waals surface area contributed by atoms with E-state index in [1.807, 2.05) is 42.6 Å². The number of aromatic carboxylic acids is 1. The molecular formula is C26H27NO4. The van der Waals surface area contributed by atoms with Crippen LogP contribution in [0.3, 0.4) is 0 Å². The minimum Gasteiger partial charge on any atom is -0.497 e. The van der Waals surface area contributed by atoms with Gasteiger partial charge in [-0.25, -0.2) is 4.79 Å². The molecule has 0 aliphatic heterocycles. The zero-order chi connectivity index (χ0) is 21.8. The number of pyridine rings is 1. The van der Waals surface area contributed by atoms with Gasteiger partial charge in [0.1, 0.15) is 5.75 Å². The maximum atomic E-state index is 11.3. The molecule has 1 fully saturated rings. The number of aromatic nitrogens is 1. The molecule has 5 nitrogen and oxygen atoms in total. The van der Waals surface area contributed by atoms with Crippen molar-refractivity contribution in [1.82, 2.24) is 4.98 Å². The summed E-state index contributed by atoms with van der Waals surface area (Å²) < 4.78 is 10.8. The Kier molecular flexibility index (Phi) is 6.33. The largest absolute Gasteiger partial charge is 0.497 e. The minimum absolute atomic E-state index is 0.275. The Morgan fingerprint density at radius 3 is 2.16 bits per heavy atom. The van der Waals surface area contributed by atoms with E-state index in [-0.39, 0.29) is 5.56 Å². The molecule has 3 aromatic rings. The van der Waals surface area contributed by atoms with Crippen molar-refractivity contribution >= 4 is 5.97 Å². The van der Waals surface area contributed by atoms with Gasteiger partial charge in [-0.2, -0.15) is 0 Å². The molecule has 4 rings (SSSR count). The summed E-state index contributed by atoms with van der Waals surface area (Å²) in [6.07, 6.45) is 6.63. The highest BCUT2D eigenvalue weighted by Gasteiger charge is 2.23. The average molecular weight is 418 g/mol. The lowest BCUT2D eigenvalue weighted by Gasteiger charge is -2.28. The third-order valence-electron chi connectivity index (χ3n) is 6.19. The lowest BCUT2D eigenvalue weighted by molar-refractivity contribution is 0.0658. The first-order valence-electron chi connectivity index (χ1n) is 10.6. The molecule has 1 N–H and O–H groups in total. The quantitative estimate of drug-likeness (QED) is 0.549. The molecule has 1 aromatic heterocycles. The number of nitrogens with zero attached hydrogens (tertiary/aromatic N) is 1. The van der Waals surface area contributed by atoms with Crippen molar-refractivity contribution in [2.45, 2.75) is 37.7 Å². The number of carboxylic acid groups (broad SMARTS) is 1. The van der Waals surface area contributed by atoms with Gasteiger partial charge in [-0.1, -0.05) is 12.1 Å². The molecule has 0 atom stereocenters.